The minimum absolute atomic E-state index is 0.0159. The van der Waals surface area contributed by atoms with Gasteiger partial charge in [-0.1, -0.05) is 11.8 Å². The molecule has 4 atom stereocenters. The summed E-state index contributed by atoms with van der Waals surface area (Å²) in [5.74, 6) is 4.25. The van der Waals surface area contributed by atoms with Gasteiger partial charge in [0.15, 0.2) is 11.4 Å². The fourth-order valence-electron chi connectivity index (χ4n) is 5.79. The number of hydrogen-bond acceptors (Lipinski definition) is 8. The molecule has 9 heteroatoms. The maximum absolute atomic E-state index is 13.8. The minimum Gasteiger partial charge on any atom is -0.508 e. The molecular formula is C27H26N2O7. The van der Waals surface area contributed by atoms with E-state index in [4.69, 9.17) is 5.73 Å². The number of phenols is 1. The third-order valence-electron chi connectivity index (χ3n) is 7.24. The van der Waals surface area contributed by atoms with Crippen LogP contribution in [0.1, 0.15) is 42.5 Å². The lowest BCUT2D eigenvalue weighted by Gasteiger charge is -2.50. The first-order valence-corrected chi connectivity index (χ1v) is 11.3. The van der Waals surface area contributed by atoms with E-state index in [1.807, 2.05) is 0 Å². The van der Waals surface area contributed by atoms with Crippen LogP contribution in [0.2, 0.25) is 0 Å². The quantitative estimate of drug-likeness (QED) is 0.299. The van der Waals surface area contributed by atoms with Crippen LogP contribution in [0.4, 0.5) is 0 Å². The van der Waals surface area contributed by atoms with Crippen LogP contribution >= 0.6 is 0 Å². The number of hydrogen-bond donors (Lipinski definition) is 5. The van der Waals surface area contributed by atoms with E-state index in [-0.39, 0.29) is 35.3 Å². The number of nitrogens with two attached hydrogens (primary N) is 1. The molecule has 0 saturated heterocycles. The number of aromatic hydroxyl groups is 1. The number of nitrogens with zero attached hydrogens (tertiary/aromatic N) is 1. The van der Waals surface area contributed by atoms with Gasteiger partial charge in [-0.3, -0.25) is 19.3 Å². The standard InChI is InChI=1S/C27H26N2O7/c1-5-7-12-9-13(8-6-2)21(30)18-15(12)10-14-11-16-20(29(3)4)23(32)19(26(28)35)25(34)27(16,36)24(33)17(14)22(18)31/h9,14,16,20,30-31,34,36H,10-11H2,1-4H3,(H2,28,35). The third-order valence-corrected chi connectivity index (χ3v) is 7.24. The van der Waals surface area contributed by atoms with Crippen molar-refractivity contribution in [2.24, 2.45) is 17.6 Å². The first-order valence-electron chi connectivity index (χ1n) is 11.3. The number of ketones is 2. The highest BCUT2D eigenvalue weighted by atomic mass is 16.3. The SMILES string of the molecule is CC#Cc1cc(C#CC)c2c(c1O)C(O)=C1C(=O)C3(O)C(O)=C(C(N)=O)C(=O)C(N(C)C)C3CC1C2. The predicted octanol–water partition coefficient (Wildman–Crippen LogP) is 0.707. The number of rotatable bonds is 2. The van der Waals surface area contributed by atoms with Gasteiger partial charge in [0.25, 0.3) is 5.91 Å². The van der Waals surface area contributed by atoms with Crippen molar-refractivity contribution >= 4 is 23.2 Å². The zero-order chi connectivity index (χ0) is 26.7. The first kappa shape index (κ1) is 25.1. The zero-order valence-electron chi connectivity index (χ0n) is 20.3. The highest BCUT2D eigenvalue weighted by Crippen LogP contribution is 2.53. The summed E-state index contributed by atoms with van der Waals surface area (Å²) in [6.07, 6.45) is 0.188. The van der Waals surface area contributed by atoms with Crippen LogP contribution in [0.5, 0.6) is 5.75 Å². The van der Waals surface area contributed by atoms with Crippen molar-refractivity contribution in [3.8, 4) is 29.4 Å². The topological polar surface area (TPSA) is 161 Å². The Bertz CT molecular complexity index is 1430. The first-order chi connectivity index (χ1) is 16.9. The second kappa shape index (κ2) is 8.56. The summed E-state index contributed by atoms with van der Waals surface area (Å²) in [7, 11) is 3.10. The van der Waals surface area contributed by atoms with Gasteiger partial charge in [0.2, 0.25) is 5.78 Å². The van der Waals surface area contributed by atoms with Crippen molar-refractivity contribution in [3.63, 3.8) is 0 Å². The monoisotopic (exact) mass is 490 g/mol. The molecule has 1 saturated carbocycles. The van der Waals surface area contributed by atoms with Gasteiger partial charge in [-0.15, -0.1) is 11.8 Å². The molecule has 36 heavy (non-hydrogen) atoms. The summed E-state index contributed by atoms with van der Waals surface area (Å²) in [4.78, 5) is 40.5. The van der Waals surface area contributed by atoms with E-state index in [9.17, 15) is 34.8 Å². The Morgan fingerprint density at radius 2 is 1.72 bits per heavy atom. The number of likely N-dealkylation sites (N-methyl/N-ethyl adjacent to an activating group) is 1. The summed E-state index contributed by atoms with van der Waals surface area (Å²) < 4.78 is 0. The van der Waals surface area contributed by atoms with Crippen LogP contribution in [0.25, 0.3) is 5.76 Å². The van der Waals surface area contributed by atoms with Crippen LogP contribution in [0, 0.1) is 35.5 Å². The van der Waals surface area contributed by atoms with Crippen molar-refractivity contribution in [2.75, 3.05) is 14.1 Å². The number of fused-ring (bicyclic) bond motifs is 3. The highest BCUT2D eigenvalue weighted by molar-refractivity contribution is 6.24. The van der Waals surface area contributed by atoms with Crippen LogP contribution in [-0.4, -0.2) is 68.5 Å². The molecule has 1 fully saturated rings. The fraction of sp³-hybridized carbons (Fsp3) is 0.370. The smallest absolute Gasteiger partial charge is 0.255 e. The number of aliphatic hydroxyl groups excluding tert-OH is 2. The van der Waals surface area contributed by atoms with E-state index in [2.05, 4.69) is 23.7 Å². The Morgan fingerprint density at radius 1 is 1.11 bits per heavy atom. The Kier molecular flexibility index (Phi) is 5.96. The molecule has 4 unspecified atom stereocenters. The summed E-state index contributed by atoms with van der Waals surface area (Å²) in [6, 6.07) is 0.480. The van der Waals surface area contributed by atoms with Crippen LogP contribution in [-0.2, 0) is 20.8 Å². The fourth-order valence-corrected chi connectivity index (χ4v) is 5.79. The van der Waals surface area contributed by atoms with Crippen molar-refractivity contribution in [2.45, 2.75) is 38.3 Å². The molecule has 0 aliphatic heterocycles. The summed E-state index contributed by atoms with van der Waals surface area (Å²) in [5.41, 5.74) is 2.80. The molecule has 1 aromatic rings. The number of phenolic OH excluding ortho intramolecular Hbond substituents is 1. The number of carbonyl (C=O) groups is 3. The molecule has 0 bridgehead atoms. The van der Waals surface area contributed by atoms with Gasteiger partial charge in [0.1, 0.15) is 22.8 Å². The Morgan fingerprint density at radius 3 is 2.28 bits per heavy atom. The van der Waals surface area contributed by atoms with Gasteiger partial charge >= 0.3 is 0 Å². The van der Waals surface area contributed by atoms with Gasteiger partial charge in [-0.25, -0.2) is 0 Å². The van der Waals surface area contributed by atoms with Gasteiger partial charge in [0, 0.05) is 17.1 Å². The summed E-state index contributed by atoms with van der Waals surface area (Å²) in [6.45, 7) is 3.22. The molecule has 1 aromatic carbocycles. The lowest BCUT2D eigenvalue weighted by molar-refractivity contribution is -0.153. The predicted molar refractivity (Wildman–Crippen MR) is 129 cm³/mol. The molecule has 0 spiro atoms. The molecule has 0 heterocycles. The van der Waals surface area contributed by atoms with Crippen LogP contribution in [0.3, 0.4) is 0 Å². The molecule has 0 aromatic heterocycles. The molecule has 3 aliphatic carbocycles. The average Bonchev–Trinajstić information content (AvgIpc) is 2.79. The number of amides is 1. The molecule has 186 valence electrons. The molecule has 0 radical (unpaired) electrons. The van der Waals surface area contributed by atoms with Gasteiger partial charge in [0.05, 0.1) is 17.2 Å². The zero-order valence-corrected chi connectivity index (χ0v) is 20.3. The van der Waals surface area contributed by atoms with E-state index < -0.39 is 58.0 Å². The van der Waals surface area contributed by atoms with E-state index in [0.717, 1.165) is 0 Å². The number of aliphatic hydroxyl groups is 3. The Balaban J connectivity index is 2.03. The largest absolute Gasteiger partial charge is 0.508 e. The highest BCUT2D eigenvalue weighted by Gasteiger charge is 2.64. The number of carbonyl (C=O) groups excluding carboxylic acids is 3. The molecule has 9 nitrogen and oxygen atoms in total. The average molecular weight is 491 g/mol. The van der Waals surface area contributed by atoms with E-state index in [1.54, 1.807) is 34.0 Å². The van der Waals surface area contributed by atoms with E-state index in [1.165, 1.54) is 4.90 Å². The second-order valence-corrected chi connectivity index (χ2v) is 9.39. The molecule has 6 N–H and O–H groups in total. The minimum atomic E-state index is -2.67. The number of primary amides is 1. The number of benzene rings is 1. The van der Waals surface area contributed by atoms with E-state index >= 15 is 0 Å². The molecule has 1 amide bonds. The summed E-state index contributed by atoms with van der Waals surface area (Å²) in [5, 5.41) is 44.7. The summed E-state index contributed by atoms with van der Waals surface area (Å²) >= 11 is 0. The Hall–Kier alpha value is -4.05. The van der Waals surface area contributed by atoms with Crippen molar-refractivity contribution < 1.29 is 34.8 Å². The van der Waals surface area contributed by atoms with Gasteiger partial charge in [-0.2, -0.15) is 0 Å². The molecule has 3 aliphatic rings. The lowest BCUT2D eigenvalue weighted by atomic mass is 9.57. The van der Waals surface area contributed by atoms with Gasteiger partial charge < -0.3 is 26.2 Å². The maximum atomic E-state index is 13.8. The Labute approximate surface area is 207 Å². The van der Waals surface area contributed by atoms with E-state index in [0.29, 0.717) is 11.1 Å². The van der Waals surface area contributed by atoms with Crippen molar-refractivity contribution in [1.29, 1.82) is 0 Å². The molecule has 4 rings (SSSR count). The third kappa shape index (κ3) is 3.25. The molecular weight excluding hydrogens is 464 g/mol. The lowest BCUT2D eigenvalue weighted by Crippen LogP contribution is -2.65. The van der Waals surface area contributed by atoms with Crippen molar-refractivity contribution in [1.82, 2.24) is 4.90 Å². The van der Waals surface area contributed by atoms with Crippen LogP contribution < -0.4 is 5.73 Å². The second-order valence-electron chi connectivity index (χ2n) is 9.39. The normalized spacial score (nSPS) is 26.9. The van der Waals surface area contributed by atoms with Gasteiger partial charge in [-0.05, 0) is 58.3 Å². The maximum Gasteiger partial charge on any atom is 0.255 e. The number of Topliss-reactive ketones (excluding diaryl/α,β-unsaturated/α-hetero) is 2. The van der Waals surface area contributed by atoms with Crippen LogP contribution in [0.15, 0.2) is 23.0 Å². The van der Waals surface area contributed by atoms with Crippen molar-refractivity contribution in [3.05, 3.63) is 45.2 Å².